The van der Waals surface area contributed by atoms with E-state index in [1.165, 1.54) is 0 Å². The van der Waals surface area contributed by atoms with Crippen LogP contribution in [-0.2, 0) is 6.54 Å². The van der Waals surface area contributed by atoms with Gasteiger partial charge in [0.05, 0.1) is 0 Å². The van der Waals surface area contributed by atoms with Crippen LogP contribution in [0, 0.1) is 0 Å². The van der Waals surface area contributed by atoms with E-state index in [4.69, 9.17) is 5.84 Å². The zero-order valence-corrected chi connectivity index (χ0v) is 7.41. The first-order chi connectivity index (χ1) is 5.74. The summed E-state index contributed by atoms with van der Waals surface area (Å²) in [5, 5.41) is 0. The Labute approximate surface area is 72.4 Å². The molecule has 0 aliphatic carbocycles. The lowest BCUT2D eigenvalue weighted by molar-refractivity contribution is 0.402. The van der Waals surface area contributed by atoms with Gasteiger partial charge in [0.1, 0.15) is 5.82 Å². The lowest BCUT2D eigenvalue weighted by atomic mass is 10.2. The zero-order valence-electron chi connectivity index (χ0n) is 7.41. The number of nitrogen functional groups attached to an aromatic ring is 1. The van der Waals surface area contributed by atoms with E-state index in [1.54, 1.807) is 6.20 Å². The van der Waals surface area contributed by atoms with Crippen molar-refractivity contribution < 1.29 is 0 Å². The lowest BCUT2D eigenvalue weighted by Crippen LogP contribution is -2.16. The Morgan fingerprint density at radius 1 is 1.58 bits per heavy atom. The zero-order chi connectivity index (χ0) is 8.97. The van der Waals surface area contributed by atoms with Crippen molar-refractivity contribution in [2.75, 3.05) is 19.5 Å². The molecule has 0 saturated heterocycles. The second kappa shape index (κ2) is 4.04. The van der Waals surface area contributed by atoms with Crippen LogP contribution in [0.5, 0.6) is 0 Å². The van der Waals surface area contributed by atoms with Crippen molar-refractivity contribution in [2.24, 2.45) is 5.84 Å². The minimum Gasteiger partial charge on any atom is -0.308 e. The molecule has 0 aromatic carbocycles. The molecular weight excluding hydrogens is 152 g/mol. The van der Waals surface area contributed by atoms with Crippen LogP contribution in [0.25, 0.3) is 0 Å². The van der Waals surface area contributed by atoms with Crippen molar-refractivity contribution in [2.45, 2.75) is 6.54 Å². The number of hydrazine groups is 1. The third kappa shape index (κ3) is 2.18. The number of hydrogen-bond acceptors (Lipinski definition) is 4. The monoisotopic (exact) mass is 166 g/mol. The number of nitrogens with one attached hydrogen (secondary N) is 1. The fraction of sp³-hybridized carbons (Fsp3) is 0.375. The summed E-state index contributed by atoms with van der Waals surface area (Å²) in [7, 11) is 4.01. The van der Waals surface area contributed by atoms with E-state index in [9.17, 15) is 0 Å². The van der Waals surface area contributed by atoms with Gasteiger partial charge >= 0.3 is 0 Å². The molecule has 0 atom stereocenters. The molecule has 0 aliphatic rings. The van der Waals surface area contributed by atoms with Crippen LogP contribution < -0.4 is 11.3 Å². The molecule has 0 saturated carbocycles. The van der Waals surface area contributed by atoms with E-state index in [1.807, 2.05) is 26.2 Å². The molecule has 12 heavy (non-hydrogen) atoms. The second-order valence-electron chi connectivity index (χ2n) is 2.89. The molecular formula is C8H14N4. The van der Waals surface area contributed by atoms with Crippen LogP contribution in [0.1, 0.15) is 5.56 Å². The standard InChI is InChI=1S/C8H14N4/c1-12(2)6-7-4-3-5-10-8(7)11-9/h3-5H,6,9H2,1-2H3,(H,10,11). The van der Waals surface area contributed by atoms with Crippen molar-refractivity contribution in [3.8, 4) is 0 Å². The lowest BCUT2D eigenvalue weighted by Gasteiger charge is -2.12. The Kier molecular flexibility index (Phi) is 3.01. The molecule has 0 amide bonds. The molecule has 4 nitrogen and oxygen atoms in total. The smallest absolute Gasteiger partial charge is 0.144 e. The van der Waals surface area contributed by atoms with E-state index >= 15 is 0 Å². The third-order valence-corrected chi connectivity index (χ3v) is 1.51. The fourth-order valence-electron chi connectivity index (χ4n) is 1.04. The number of pyridine rings is 1. The first-order valence-electron chi connectivity index (χ1n) is 3.79. The van der Waals surface area contributed by atoms with Crippen LogP contribution in [-0.4, -0.2) is 24.0 Å². The highest BCUT2D eigenvalue weighted by Crippen LogP contribution is 2.10. The Bertz CT molecular complexity index is 247. The number of aromatic nitrogens is 1. The summed E-state index contributed by atoms with van der Waals surface area (Å²) in [6.07, 6.45) is 1.72. The molecule has 1 rings (SSSR count). The molecule has 66 valence electrons. The molecule has 3 N–H and O–H groups in total. The largest absolute Gasteiger partial charge is 0.308 e. The van der Waals surface area contributed by atoms with Crippen molar-refractivity contribution in [1.29, 1.82) is 0 Å². The van der Waals surface area contributed by atoms with Gasteiger partial charge < -0.3 is 10.3 Å². The third-order valence-electron chi connectivity index (χ3n) is 1.51. The number of nitrogens with two attached hydrogens (primary N) is 1. The quantitative estimate of drug-likeness (QED) is 0.505. The summed E-state index contributed by atoms with van der Waals surface area (Å²) < 4.78 is 0. The minimum atomic E-state index is 0.742. The van der Waals surface area contributed by atoms with Gasteiger partial charge in [-0.05, 0) is 20.2 Å². The number of anilines is 1. The highest BCUT2D eigenvalue weighted by Gasteiger charge is 2.01. The van der Waals surface area contributed by atoms with Gasteiger partial charge in [-0.25, -0.2) is 10.8 Å². The minimum absolute atomic E-state index is 0.742. The summed E-state index contributed by atoms with van der Waals surface area (Å²) in [5.41, 5.74) is 3.66. The average Bonchev–Trinajstić information content (AvgIpc) is 2.04. The molecule has 0 fully saturated rings. The summed E-state index contributed by atoms with van der Waals surface area (Å²) in [6, 6.07) is 3.90. The molecule has 1 aromatic heterocycles. The first-order valence-corrected chi connectivity index (χ1v) is 3.79. The van der Waals surface area contributed by atoms with E-state index < -0.39 is 0 Å². The molecule has 0 unspecified atom stereocenters. The van der Waals surface area contributed by atoms with Gasteiger partial charge in [0.25, 0.3) is 0 Å². The Hall–Kier alpha value is -1.13. The fourth-order valence-corrected chi connectivity index (χ4v) is 1.04. The van der Waals surface area contributed by atoms with Gasteiger partial charge in [0.2, 0.25) is 0 Å². The average molecular weight is 166 g/mol. The number of nitrogens with zero attached hydrogens (tertiary/aromatic N) is 2. The number of rotatable bonds is 3. The molecule has 4 heteroatoms. The van der Waals surface area contributed by atoms with Gasteiger partial charge in [-0.3, -0.25) is 0 Å². The van der Waals surface area contributed by atoms with Gasteiger partial charge in [-0.1, -0.05) is 6.07 Å². The maximum absolute atomic E-state index is 5.30. The van der Waals surface area contributed by atoms with Crippen molar-refractivity contribution >= 4 is 5.82 Å². The predicted octanol–water partition coefficient (Wildman–Crippen LogP) is 0.429. The molecule has 0 aliphatic heterocycles. The van der Waals surface area contributed by atoms with Crippen molar-refractivity contribution in [1.82, 2.24) is 9.88 Å². The summed E-state index contributed by atoms with van der Waals surface area (Å²) in [5.74, 6) is 6.04. The summed E-state index contributed by atoms with van der Waals surface area (Å²) >= 11 is 0. The van der Waals surface area contributed by atoms with E-state index in [2.05, 4.69) is 15.3 Å². The van der Waals surface area contributed by atoms with Gasteiger partial charge in [0, 0.05) is 18.3 Å². The van der Waals surface area contributed by atoms with Crippen LogP contribution >= 0.6 is 0 Å². The van der Waals surface area contributed by atoms with Gasteiger partial charge in [0.15, 0.2) is 0 Å². The summed E-state index contributed by atoms with van der Waals surface area (Å²) in [6.45, 7) is 0.841. The predicted molar refractivity (Wildman–Crippen MR) is 49.4 cm³/mol. The topological polar surface area (TPSA) is 54.2 Å². The summed E-state index contributed by atoms with van der Waals surface area (Å²) in [4.78, 5) is 6.15. The van der Waals surface area contributed by atoms with E-state index in [0.29, 0.717) is 0 Å². The van der Waals surface area contributed by atoms with E-state index in [-0.39, 0.29) is 0 Å². The van der Waals surface area contributed by atoms with Crippen LogP contribution in [0.3, 0.4) is 0 Å². The highest BCUT2D eigenvalue weighted by molar-refractivity contribution is 5.42. The van der Waals surface area contributed by atoms with Crippen LogP contribution in [0.4, 0.5) is 5.82 Å². The maximum atomic E-state index is 5.30. The Morgan fingerprint density at radius 3 is 2.92 bits per heavy atom. The van der Waals surface area contributed by atoms with Crippen LogP contribution in [0.15, 0.2) is 18.3 Å². The van der Waals surface area contributed by atoms with Gasteiger partial charge in [-0.2, -0.15) is 0 Å². The molecule has 0 bridgehead atoms. The second-order valence-corrected chi connectivity index (χ2v) is 2.89. The Balaban J connectivity index is 2.82. The molecule has 1 aromatic rings. The SMILES string of the molecule is CN(C)Cc1cccnc1NN. The molecule has 1 heterocycles. The van der Waals surface area contributed by atoms with Crippen molar-refractivity contribution in [3.63, 3.8) is 0 Å². The normalized spacial score (nSPS) is 10.3. The maximum Gasteiger partial charge on any atom is 0.144 e. The molecule has 0 spiro atoms. The first kappa shape index (κ1) is 8.96. The van der Waals surface area contributed by atoms with Crippen LogP contribution in [0.2, 0.25) is 0 Å². The van der Waals surface area contributed by atoms with Crippen molar-refractivity contribution in [3.05, 3.63) is 23.9 Å². The number of hydrogen-bond donors (Lipinski definition) is 2. The van der Waals surface area contributed by atoms with E-state index in [0.717, 1.165) is 17.9 Å². The van der Waals surface area contributed by atoms with Gasteiger partial charge in [-0.15, -0.1) is 0 Å². The Morgan fingerprint density at radius 2 is 2.33 bits per heavy atom. The highest BCUT2D eigenvalue weighted by atomic mass is 15.3. The molecule has 0 radical (unpaired) electrons.